The normalized spacial score (nSPS) is 26.0. The lowest BCUT2D eigenvalue weighted by Gasteiger charge is -2.47. The molecule has 0 unspecified atom stereocenters. The number of aliphatic hydroxyl groups excluding tert-OH is 1. The van der Waals surface area contributed by atoms with E-state index in [1.54, 1.807) is 0 Å². The number of nitrogens with one attached hydrogen (secondary N) is 2. The van der Waals surface area contributed by atoms with E-state index in [0.717, 1.165) is 23.2 Å². The van der Waals surface area contributed by atoms with Crippen molar-refractivity contribution in [1.29, 1.82) is 0 Å². The summed E-state index contributed by atoms with van der Waals surface area (Å²) in [7, 11) is 0. The van der Waals surface area contributed by atoms with Gasteiger partial charge in [0.25, 0.3) is 0 Å². The van der Waals surface area contributed by atoms with Crippen LogP contribution in [-0.4, -0.2) is 23.5 Å². The van der Waals surface area contributed by atoms with Gasteiger partial charge in [-0.15, -0.1) is 0 Å². The number of carbonyl (C=O) groups is 1. The predicted molar refractivity (Wildman–Crippen MR) is 92.5 cm³/mol. The van der Waals surface area contributed by atoms with Crippen molar-refractivity contribution >= 4 is 17.7 Å². The van der Waals surface area contributed by atoms with Gasteiger partial charge >= 0.3 is 0 Å². The molecular weight excluding hydrogens is 288 g/mol. The van der Waals surface area contributed by atoms with Crippen LogP contribution in [0.25, 0.3) is 0 Å². The molecule has 1 aliphatic heterocycles. The summed E-state index contributed by atoms with van der Waals surface area (Å²) in [5, 5.41) is 17.0. The van der Waals surface area contributed by atoms with E-state index >= 15 is 0 Å². The number of hydrogen-bond acceptors (Lipinski definition) is 4. The van der Waals surface area contributed by atoms with Crippen LogP contribution in [0.4, 0.5) is 11.4 Å². The van der Waals surface area contributed by atoms with Crippen LogP contribution < -0.4 is 10.6 Å². The first-order valence-corrected chi connectivity index (χ1v) is 7.93. The summed E-state index contributed by atoms with van der Waals surface area (Å²) in [5.41, 5.74) is 2.50. The highest BCUT2D eigenvalue weighted by Crippen LogP contribution is 2.44. The van der Waals surface area contributed by atoms with Crippen LogP contribution >= 0.6 is 0 Å². The lowest BCUT2D eigenvalue weighted by atomic mass is 9.72. The Morgan fingerprint density at radius 3 is 2.57 bits per heavy atom. The van der Waals surface area contributed by atoms with Crippen LogP contribution in [0.3, 0.4) is 0 Å². The van der Waals surface area contributed by atoms with Gasteiger partial charge in [-0.1, -0.05) is 43.3 Å². The first kappa shape index (κ1) is 15.6. The second-order valence-electron chi connectivity index (χ2n) is 6.17. The third-order valence-corrected chi connectivity index (χ3v) is 4.88. The minimum Gasteiger partial charge on any atom is -0.394 e. The molecule has 0 spiro atoms. The van der Waals surface area contributed by atoms with E-state index in [4.69, 9.17) is 0 Å². The zero-order valence-corrected chi connectivity index (χ0v) is 13.2. The Morgan fingerprint density at radius 2 is 1.87 bits per heavy atom. The first-order valence-electron chi connectivity index (χ1n) is 7.93. The van der Waals surface area contributed by atoms with E-state index in [2.05, 4.69) is 23.6 Å². The minimum absolute atomic E-state index is 0.0157. The van der Waals surface area contributed by atoms with Crippen molar-refractivity contribution in [3.63, 3.8) is 0 Å². The lowest BCUT2D eigenvalue weighted by molar-refractivity contribution is -0.109. The van der Waals surface area contributed by atoms with Crippen molar-refractivity contribution in [1.82, 2.24) is 0 Å². The number of anilines is 2. The Morgan fingerprint density at radius 1 is 1.17 bits per heavy atom. The number of fused-ring (bicyclic) bond motifs is 1. The third kappa shape index (κ3) is 2.82. The van der Waals surface area contributed by atoms with Gasteiger partial charge in [-0.25, -0.2) is 0 Å². The maximum absolute atomic E-state index is 11.2. The zero-order chi connectivity index (χ0) is 16.3. The second-order valence-corrected chi connectivity index (χ2v) is 6.17. The number of aldehydes is 1. The fraction of sp³-hybridized carbons (Fsp3) is 0.316. The largest absolute Gasteiger partial charge is 0.394 e. The third-order valence-electron chi connectivity index (χ3n) is 4.88. The number of carbonyl (C=O) groups excluding carboxylic acids is 1. The summed E-state index contributed by atoms with van der Waals surface area (Å²) in [6.45, 7) is 1.98. The number of aliphatic hydroxyl groups is 1. The molecule has 3 N–H and O–H groups in total. The van der Waals surface area contributed by atoms with Gasteiger partial charge in [0.2, 0.25) is 0 Å². The predicted octanol–water partition coefficient (Wildman–Crippen LogP) is 3.22. The molecule has 0 aliphatic carbocycles. The lowest BCUT2D eigenvalue weighted by Crippen LogP contribution is -2.54. The van der Waals surface area contributed by atoms with Crippen LogP contribution in [0.15, 0.2) is 54.6 Å². The molecule has 0 aromatic heterocycles. The van der Waals surface area contributed by atoms with E-state index in [9.17, 15) is 9.90 Å². The molecule has 3 rings (SSSR count). The molecule has 0 amide bonds. The number of benzene rings is 2. The maximum Gasteiger partial charge on any atom is 0.122 e. The number of hydrogen-bond donors (Lipinski definition) is 3. The molecule has 2 aromatic rings. The summed E-state index contributed by atoms with van der Waals surface area (Å²) >= 11 is 0. The van der Waals surface area contributed by atoms with Gasteiger partial charge in [0.05, 0.1) is 18.2 Å². The molecule has 1 heterocycles. The highest BCUT2D eigenvalue weighted by Gasteiger charge is 2.44. The minimum atomic E-state index is -0.650. The van der Waals surface area contributed by atoms with Gasteiger partial charge in [0.1, 0.15) is 6.29 Å². The van der Waals surface area contributed by atoms with Gasteiger partial charge in [-0.05, 0) is 23.8 Å². The molecule has 2 aromatic carbocycles. The fourth-order valence-electron chi connectivity index (χ4n) is 3.40. The molecule has 120 valence electrons. The SMILES string of the molecule is C[C@@H]1[C@@H](Nc2ccccc2)c2ccccc2N[C@]1(CO)CC=O. The van der Waals surface area contributed by atoms with E-state index in [0.29, 0.717) is 0 Å². The molecule has 4 nitrogen and oxygen atoms in total. The van der Waals surface area contributed by atoms with Crippen molar-refractivity contribution in [2.75, 3.05) is 17.2 Å². The topological polar surface area (TPSA) is 61.4 Å². The summed E-state index contributed by atoms with van der Waals surface area (Å²) in [6, 6.07) is 18.1. The summed E-state index contributed by atoms with van der Waals surface area (Å²) in [6.07, 6.45) is 1.15. The van der Waals surface area contributed by atoms with Crippen LogP contribution in [0.5, 0.6) is 0 Å². The monoisotopic (exact) mass is 310 g/mol. The second kappa shape index (κ2) is 6.42. The molecule has 0 saturated carbocycles. The molecule has 3 atom stereocenters. The summed E-state index contributed by atoms with van der Waals surface area (Å²) in [5.74, 6) is 0.0350. The van der Waals surface area contributed by atoms with Gasteiger partial charge < -0.3 is 20.5 Å². The van der Waals surface area contributed by atoms with Crippen molar-refractivity contribution < 1.29 is 9.90 Å². The zero-order valence-electron chi connectivity index (χ0n) is 13.2. The standard InChI is InChI=1S/C19H22N2O2/c1-14-18(20-15-7-3-2-4-8-15)16-9-5-6-10-17(16)21-19(14,13-23)11-12-22/h2-10,12,14,18,20-21,23H,11,13H2,1H3/t14-,18-,19+/m1/s1. The highest BCUT2D eigenvalue weighted by atomic mass is 16.3. The maximum atomic E-state index is 11.2. The van der Waals surface area contributed by atoms with Gasteiger partial charge in [-0.2, -0.15) is 0 Å². The molecule has 23 heavy (non-hydrogen) atoms. The van der Waals surface area contributed by atoms with Gasteiger partial charge in [0, 0.05) is 23.7 Å². The Balaban J connectivity index is 2.02. The number of para-hydroxylation sites is 2. The van der Waals surface area contributed by atoms with Crippen LogP contribution in [0, 0.1) is 5.92 Å². The molecule has 1 aliphatic rings. The van der Waals surface area contributed by atoms with Crippen LogP contribution in [0.2, 0.25) is 0 Å². The first-order chi connectivity index (χ1) is 11.2. The van der Waals surface area contributed by atoms with E-state index < -0.39 is 5.54 Å². The molecule has 0 bridgehead atoms. The van der Waals surface area contributed by atoms with E-state index in [1.165, 1.54) is 0 Å². The Labute approximate surface area is 136 Å². The van der Waals surface area contributed by atoms with Gasteiger partial charge in [-0.3, -0.25) is 0 Å². The summed E-state index contributed by atoms with van der Waals surface area (Å²) < 4.78 is 0. The average Bonchev–Trinajstić information content (AvgIpc) is 2.59. The van der Waals surface area contributed by atoms with Crippen molar-refractivity contribution in [3.05, 3.63) is 60.2 Å². The smallest absolute Gasteiger partial charge is 0.122 e. The van der Waals surface area contributed by atoms with Crippen molar-refractivity contribution in [2.24, 2.45) is 5.92 Å². The molecule has 4 heteroatoms. The molecule has 0 radical (unpaired) electrons. The van der Waals surface area contributed by atoms with Crippen molar-refractivity contribution in [3.8, 4) is 0 Å². The van der Waals surface area contributed by atoms with E-state index in [1.807, 2.05) is 48.5 Å². The quantitative estimate of drug-likeness (QED) is 0.742. The fourth-order valence-corrected chi connectivity index (χ4v) is 3.40. The van der Waals surface area contributed by atoms with Crippen LogP contribution in [0.1, 0.15) is 24.9 Å². The molecular formula is C19H22N2O2. The highest BCUT2D eigenvalue weighted by molar-refractivity contribution is 5.64. The summed E-state index contributed by atoms with van der Waals surface area (Å²) in [4.78, 5) is 11.2. The van der Waals surface area contributed by atoms with E-state index in [-0.39, 0.29) is 25.0 Å². The van der Waals surface area contributed by atoms with Gasteiger partial charge in [0.15, 0.2) is 0 Å². The van der Waals surface area contributed by atoms with Crippen molar-refractivity contribution in [2.45, 2.75) is 24.9 Å². The molecule has 0 saturated heterocycles. The average molecular weight is 310 g/mol. The van der Waals surface area contributed by atoms with Crippen LogP contribution in [-0.2, 0) is 4.79 Å². The Kier molecular flexibility index (Phi) is 4.35. The number of rotatable bonds is 5. The Hall–Kier alpha value is -2.33. The Bertz CT molecular complexity index is 674. The molecule has 0 fully saturated rings.